The second-order valence-corrected chi connectivity index (χ2v) is 8.35. The van der Waals surface area contributed by atoms with Gasteiger partial charge in [-0.2, -0.15) is 4.31 Å². The largest absolute Gasteiger partial charge is 0.325 e. The van der Waals surface area contributed by atoms with E-state index in [4.69, 9.17) is 11.6 Å². The first-order chi connectivity index (χ1) is 10.9. The van der Waals surface area contributed by atoms with E-state index in [0.717, 1.165) is 25.7 Å². The molecule has 1 aromatic carbocycles. The maximum absolute atomic E-state index is 12.8. The number of halogens is 1. The van der Waals surface area contributed by atoms with Gasteiger partial charge in [-0.25, -0.2) is 8.42 Å². The van der Waals surface area contributed by atoms with Crippen LogP contribution in [0.15, 0.2) is 29.2 Å². The molecule has 0 aromatic heterocycles. The Balaban J connectivity index is 2.18. The van der Waals surface area contributed by atoms with E-state index < -0.39 is 15.4 Å². The van der Waals surface area contributed by atoms with E-state index in [1.165, 1.54) is 12.1 Å². The first-order valence-electron chi connectivity index (χ1n) is 7.93. The Kier molecular flexibility index (Phi) is 6.06. The standard InChI is InChI=1S/C16H23ClN2O3S/c1-3-14-6-4-5-11-19(14)23(21,22)15-9-7-13(8-10-15)18-16(20)12(2)17/h7-10,12,14H,3-6,11H2,1-2H3,(H,18,20)/t12-,14-/m1/s1. The Morgan fingerprint density at radius 1 is 1.35 bits per heavy atom. The molecule has 0 saturated carbocycles. The first kappa shape index (κ1) is 18.2. The monoisotopic (exact) mass is 358 g/mol. The Morgan fingerprint density at radius 3 is 2.57 bits per heavy atom. The number of anilines is 1. The molecular formula is C16H23ClN2O3S. The number of rotatable bonds is 5. The van der Waals surface area contributed by atoms with Gasteiger partial charge in [0, 0.05) is 18.3 Å². The van der Waals surface area contributed by atoms with Crippen LogP contribution >= 0.6 is 11.6 Å². The number of hydrogen-bond acceptors (Lipinski definition) is 3. The van der Waals surface area contributed by atoms with Crippen molar-refractivity contribution in [3.8, 4) is 0 Å². The summed E-state index contributed by atoms with van der Waals surface area (Å²) in [6.07, 6.45) is 3.71. The van der Waals surface area contributed by atoms with Gasteiger partial charge < -0.3 is 5.32 Å². The van der Waals surface area contributed by atoms with Crippen LogP contribution in [0.1, 0.15) is 39.5 Å². The van der Waals surface area contributed by atoms with E-state index in [1.807, 2.05) is 6.92 Å². The van der Waals surface area contributed by atoms with Crippen molar-refractivity contribution >= 4 is 33.2 Å². The van der Waals surface area contributed by atoms with Gasteiger partial charge in [0.15, 0.2) is 0 Å². The Bertz CT molecular complexity index is 644. The zero-order valence-electron chi connectivity index (χ0n) is 13.5. The molecule has 0 spiro atoms. The highest BCUT2D eigenvalue weighted by Gasteiger charge is 2.32. The van der Waals surface area contributed by atoms with E-state index in [0.29, 0.717) is 12.2 Å². The summed E-state index contributed by atoms with van der Waals surface area (Å²) >= 11 is 5.70. The third-order valence-electron chi connectivity index (χ3n) is 4.13. The van der Waals surface area contributed by atoms with Gasteiger partial charge in [0.05, 0.1) is 4.90 Å². The van der Waals surface area contributed by atoms with Gasteiger partial charge in [-0.3, -0.25) is 4.79 Å². The van der Waals surface area contributed by atoms with Crippen molar-refractivity contribution in [3.05, 3.63) is 24.3 Å². The van der Waals surface area contributed by atoms with Crippen LogP contribution in [0.25, 0.3) is 0 Å². The lowest BCUT2D eigenvalue weighted by Gasteiger charge is -2.34. The Labute approximate surface area is 143 Å². The molecule has 0 radical (unpaired) electrons. The fourth-order valence-electron chi connectivity index (χ4n) is 2.79. The summed E-state index contributed by atoms with van der Waals surface area (Å²) in [5.74, 6) is -0.315. The number of benzene rings is 1. The molecule has 0 unspecified atom stereocenters. The maximum atomic E-state index is 12.8. The van der Waals surface area contributed by atoms with Crippen LogP contribution in [0, 0.1) is 0 Å². The zero-order valence-corrected chi connectivity index (χ0v) is 15.0. The zero-order chi connectivity index (χ0) is 17.0. The van der Waals surface area contributed by atoms with Crippen molar-refractivity contribution in [2.24, 2.45) is 0 Å². The van der Waals surface area contributed by atoms with Gasteiger partial charge in [0.1, 0.15) is 5.38 Å². The number of amides is 1. The second-order valence-electron chi connectivity index (χ2n) is 5.80. The molecule has 1 heterocycles. The summed E-state index contributed by atoms with van der Waals surface area (Å²) in [6, 6.07) is 6.32. The maximum Gasteiger partial charge on any atom is 0.243 e. The molecule has 7 heteroatoms. The molecule has 1 amide bonds. The average molecular weight is 359 g/mol. The number of alkyl halides is 1. The molecule has 0 bridgehead atoms. The summed E-state index contributed by atoms with van der Waals surface area (Å²) < 4.78 is 27.2. The third kappa shape index (κ3) is 4.25. The van der Waals surface area contributed by atoms with Gasteiger partial charge >= 0.3 is 0 Å². The number of nitrogens with one attached hydrogen (secondary N) is 1. The van der Waals surface area contributed by atoms with Crippen molar-refractivity contribution in [3.63, 3.8) is 0 Å². The molecule has 128 valence electrons. The highest BCUT2D eigenvalue weighted by molar-refractivity contribution is 7.89. The number of hydrogen-bond donors (Lipinski definition) is 1. The van der Waals surface area contributed by atoms with Crippen LogP contribution in [0.5, 0.6) is 0 Å². The summed E-state index contributed by atoms with van der Waals surface area (Å²) in [7, 11) is -3.49. The van der Waals surface area contributed by atoms with Crippen molar-refractivity contribution in [1.29, 1.82) is 0 Å². The molecule has 1 aromatic rings. The topological polar surface area (TPSA) is 66.5 Å². The van der Waals surface area contributed by atoms with Gasteiger partial charge in [-0.15, -0.1) is 11.6 Å². The summed E-state index contributed by atoms with van der Waals surface area (Å²) in [5.41, 5.74) is 0.534. The van der Waals surface area contributed by atoms with Crippen molar-refractivity contribution in [1.82, 2.24) is 4.31 Å². The fraction of sp³-hybridized carbons (Fsp3) is 0.562. The summed E-state index contributed by atoms with van der Waals surface area (Å²) in [4.78, 5) is 11.8. The highest BCUT2D eigenvalue weighted by atomic mass is 35.5. The van der Waals surface area contributed by atoms with E-state index in [1.54, 1.807) is 23.4 Å². The van der Waals surface area contributed by atoms with Crippen LogP contribution < -0.4 is 5.32 Å². The predicted molar refractivity (Wildman–Crippen MR) is 92.2 cm³/mol. The number of carbonyl (C=O) groups is 1. The summed E-state index contributed by atoms with van der Waals surface area (Å²) in [5, 5.41) is 2.00. The molecule has 23 heavy (non-hydrogen) atoms. The van der Waals surface area contributed by atoms with Crippen molar-refractivity contribution in [2.75, 3.05) is 11.9 Å². The molecule has 2 atom stereocenters. The van der Waals surface area contributed by atoms with E-state index in [-0.39, 0.29) is 16.8 Å². The quantitative estimate of drug-likeness (QED) is 0.822. The smallest absolute Gasteiger partial charge is 0.243 e. The van der Waals surface area contributed by atoms with E-state index in [9.17, 15) is 13.2 Å². The molecule has 1 saturated heterocycles. The van der Waals surface area contributed by atoms with Crippen LogP contribution in [-0.2, 0) is 14.8 Å². The molecule has 5 nitrogen and oxygen atoms in total. The minimum atomic E-state index is -3.49. The lowest BCUT2D eigenvalue weighted by Crippen LogP contribution is -2.43. The first-order valence-corrected chi connectivity index (χ1v) is 9.80. The molecule has 1 N–H and O–H groups in total. The number of piperidine rings is 1. The second kappa shape index (κ2) is 7.64. The molecule has 1 aliphatic rings. The molecule has 1 aliphatic heterocycles. The highest BCUT2D eigenvalue weighted by Crippen LogP contribution is 2.27. The normalized spacial score (nSPS) is 20.9. The minimum absolute atomic E-state index is 0.0743. The van der Waals surface area contributed by atoms with Crippen LogP contribution in [-0.4, -0.2) is 36.6 Å². The molecular weight excluding hydrogens is 336 g/mol. The Morgan fingerprint density at radius 2 is 2.00 bits per heavy atom. The average Bonchev–Trinajstić information content (AvgIpc) is 2.55. The predicted octanol–water partition coefficient (Wildman–Crippen LogP) is 3.21. The van der Waals surface area contributed by atoms with Crippen molar-refractivity contribution < 1.29 is 13.2 Å². The third-order valence-corrected chi connectivity index (χ3v) is 6.30. The van der Waals surface area contributed by atoms with Crippen LogP contribution in [0.4, 0.5) is 5.69 Å². The van der Waals surface area contributed by atoms with Crippen LogP contribution in [0.2, 0.25) is 0 Å². The fourth-order valence-corrected chi connectivity index (χ4v) is 4.61. The van der Waals surface area contributed by atoms with Crippen LogP contribution in [0.3, 0.4) is 0 Å². The number of carbonyl (C=O) groups excluding carboxylic acids is 1. The van der Waals surface area contributed by atoms with Gasteiger partial charge in [-0.1, -0.05) is 13.3 Å². The molecule has 0 aliphatic carbocycles. The summed E-state index contributed by atoms with van der Waals surface area (Å²) in [6.45, 7) is 4.17. The Hall–Kier alpha value is -1.11. The van der Waals surface area contributed by atoms with Crippen molar-refractivity contribution in [2.45, 2.75) is 55.8 Å². The minimum Gasteiger partial charge on any atom is -0.325 e. The van der Waals surface area contributed by atoms with E-state index in [2.05, 4.69) is 5.32 Å². The van der Waals surface area contributed by atoms with Gasteiger partial charge in [-0.05, 0) is 50.5 Å². The van der Waals surface area contributed by atoms with E-state index >= 15 is 0 Å². The van der Waals surface area contributed by atoms with Gasteiger partial charge in [0.2, 0.25) is 15.9 Å². The molecule has 1 fully saturated rings. The SMILES string of the molecule is CC[C@@H]1CCCCN1S(=O)(=O)c1ccc(NC(=O)[C@@H](C)Cl)cc1. The number of nitrogens with zero attached hydrogens (tertiary/aromatic N) is 1. The van der Waals surface area contributed by atoms with Gasteiger partial charge in [0.25, 0.3) is 0 Å². The lowest BCUT2D eigenvalue weighted by molar-refractivity contribution is -0.115. The lowest BCUT2D eigenvalue weighted by atomic mass is 10.0. The molecule has 2 rings (SSSR count). The number of sulfonamides is 1.